The number of anilines is 1. The number of carbonyl (C=O) groups excluding carboxylic acids is 1. The highest BCUT2D eigenvalue weighted by atomic mass is 32.1. The van der Waals surface area contributed by atoms with Crippen molar-refractivity contribution in [3.8, 4) is 23.1 Å². The number of nitrogens with zero attached hydrogens (tertiary/aromatic N) is 2. The van der Waals surface area contributed by atoms with E-state index in [1.54, 1.807) is 31.2 Å². The quantitative estimate of drug-likeness (QED) is 0.524. The molecule has 2 aromatic heterocycles. The number of amides is 1. The van der Waals surface area contributed by atoms with Crippen molar-refractivity contribution in [2.24, 2.45) is 0 Å². The molecule has 0 spiro atoms. The molecular formula is C21H16N4O2S. The van der Waals surface area contributed by atoms with Gasteiger partial charge in [-0.05, 0) is 31.2 Å². The van der Waals surface area contributed by atoms with Crippen molar-refractivity contribution in [3.05, 3.63) is 65.7 Å². The lowest BCUT2D eigenvalue weighted by molar-refractivity contribution is -0.122. The van der Waals surface area contributed by atoms with Crippen LogP contribution in [0.15, 0.2) is 60.1 Å². The van der Waals surface area contributed by atoms with Crippen LogP contribution in [0.2, 0.25) is 0 Å². The van der Waals surface area contributed by atoms with Crippen LogP contribution in [0.5, 0.6) is 5.75 Å². The van der Waals surface area contributed by atoms with E-state index in [0.717, 1.165) is 22.2 Å². The lowest BCUT2D eigenvalue weighted by Crippen LogP contribution is -2.30. The number of thiazole rings is 1. The Morgan fingerprint density at radius 2 is 2.14 bits per heavy atom. The Balaban J connectivity index is 1.46. The molecule has 1 unspecified atom stereocenters. The summed E-state index contributed by atoms with van der Waals surface area (Å²) in [5.74, 6) is 0.169. The van der Waals surface area contributed by atoms with E-state index >= 15 is 0 Å². The van der Waals surface area contributed by atoms with Gasteiger partial charge in [-0.1, -0.05) is 24.3 Å². The molecule has 0 aliphatic carbocycles. The van der Waals surface area contributed by atoms with Crippen LogP contribution in [-0.4, -0.2) is 22.0 Å². The first-order chi connectivity index (χ1) is 13.6. The van der Waals surface area contributed by atoms with Gasteiger partial charge in [0.2, 0.25) is 0 Å². The molecule has 0 fully saturated rings. The Bertz CT molecular complexity index is 1190. The van der Waals surface area contributed by atoms with Gasteiger partial charge in [0.15, 0.2) is 11.2 Å². The number of rotatable bonds is 5. The molecule has 138 valence electrons. The molecule has 0 saturated carbocycles. The van der Waals surface area contributed by atoms with Gasteiger partial charge in [0.1, 0.15) is 5.75 Å². The van der Waals surface area contributed by atoms with Gasteiger partial charge in [0, 0.05) is 28.0 Å². The Morgan fingerprint density at radius 3 is 3.00 bits per heavy atom. The van der Waals surface area contributed by atoms with Crippen molar-refractivity contribution < 1.29 is 9.53 Å². The van der Waals surface area contributed by atoms with Crippen molar-refractivity contribution in [1.82, 2.24) is 9.97 Å². The highest BCUT2D eigenvalue weighted by Gasteiger charge is 2.17. The number of para-hydroxylation sites is 1. The van der Waals surface area contributed by atoms with Crippen molar-refractivity contribution in [2.75, 3.05) is 5.32 Å². The zero-order valence-corrected chi connectivity index (χ0v) is 15.8. The maximum Gasteiger partial charge on any atom is 0.266 e. The molecule has 1 atom stereocenters. The molecule has 2 N–H and O–H groups in total. The van der Waals surface area contributed by atoms with E-state index < -0.39 is 6.10 Å². The minimum absolute atomic E-state index is 0.304. The number of aromatic amines is 1. The number of carbonyl (C=O) groups is 1. The molecule has 7 heteroatoms. The number of H-pyrrole nitrogens is 1. The van der Waals surface area contributed by atoms with E-state index in [9.17, 15) is 4.79 Å². The first-order valence-corrected chi connectivity index (χ1v) is 9.52. The van der Waals surface area contributed by atoms with Gasteiger partial charge >= 0.3 is 0 Å². The van der Waals surface area contributed by atoms with Crippen LogP contribution in [0, 0.1) is 11.3 Å². The predicted molar refractivity (Wildman–Crippen MR) is 109 cm³/mol. The number of ether oxygens (including phenoxy) is 1. The van der Waals surface area contributed by atoms with Gasteiger partial charge in [-0.25, -0.2) is 4.98 Å². The van der Waals surface area contributed by atoms with Gasteiger partial charge in [-0.15, -0.1) is 11.3 Å². The summed E-state index contributed by atoms with van der Waals surface area (Å²) in [5.41, 5.74) is 3.31. The summed E-state index contributed by atoms with van der Waals surface area (Å²) in [6.07, 6.45) is 1.19. The third-order valence-electron chi connectivity index (χ3n) is 4.24. The predicted octanol–water partition coefficient (Wildman–Crippen LogP) is 4.57. The molecule has 2 heterocycles. The van der Waals surface area contributed by atoms with E-state index in [1.165, 1.54) is 11.3 Å². The average Bonchev–Trinajstić information content (AvgIpc) is 3.34. The van der Waals surface area contributed by atoms with Crippen LogP contribution in [0.3, 0.4) is 0 Å². The van der Waals surface area contributed by atoms with Crippen molar-refractivity contribution >= 4 is 33.3 Å². The molecule has 6 nitrogen and oxygen atoms in total. The average molecular weight is 388 g/mol. The summed E-state index contributed by atoms with van der Waals surface area (Å²) in [6, 6.07) is 16.7. The number of hydrogen-bond acceptors (Lipinski definition) is 5. The molecule has 0 radical (unpaired) electrons. The Hall–Kier alpha value is -3.63. The van der Waals surface area contributed by atoms with Gasteiger partial charge < -0.3 is 9.72 Å². The standard InChI is InChI=1S/C21H16N4O2S/c1-13(27-15-6-4-5-14(9-15)10-22)20(26)25-21-24-19(12-28-21)17-11-23-18-8-3-2-7-16(17)18/h2-9,11-13,23H,1H3,(H,24,25,26). The van der Waals surface area contributed by atoms with Gasteiger partial charge in [0.05, 0.1) is 17.3 Å². The maximum atomic E-state index is 12.4. The number of nitriles is 1. The molecule has 0 saturated heterocycles. The van der Waals surface area contributed by atoms with E-state index in [4.69, 9.17) is 10.00 Å². The summed E-state index contributed by atoms with van der Waals surface area (Å²) in [5, 5.41) is 15.2. The monoisotopic (exact) mass is 388 g/mol. The topological polar surface area (TPSA) is 90.8 Å². The number of hydrogen-bond donors (Lipinski definition) is 2. The van der Waals surface area contributed by atoms with Crippen molar-refractivity contribution in [2.45, 2.75) is 13.0 Å². The van der Waals surface area contributed by atoms with Gasteiger partial charge in [-0.3, -0.25) is 10.1 Å². The van der Waals surface area contributed by atoms with Gasteiger partial charge in [-0.2, -0.15) is 5.26 Å². The molecule has 0 aliphatic rings. The minimum Gasteiger partial charge on any atom is -0.481 e. The molecule has 4 aromatic rings. The molecule has 0 aliphatic heterocycles. The zero-order valence-electron chi connectivity index (χ0n) is 15.0. The van der Waals surface area contributed by atoms with Crippen LogP contribution in [0.4, 0.5) is 5.13 Å². The largest absolute Gasteiger partial charge is 0.481 e. The summed E-state index contributed by atoms with van der Waals surface area (Å²) in [4.78, 5) is 20.2. The second-order valence-corrected chi connectivity index (χ2v) is 7.03. The number of aromatic nitrogens is 2. The Labute approximate surface area is 165 Å². The second-order valence-electron chi connectivity index (χ2n) is 6.17. The Kier molecular flexibility index (Phi) is 4.79. The number of nitrogens with one attached hydrogen (secondary N) is 2. The highest BCUT2D eigenvalue weighted by Crippen LogP contribution is 2.31. The SMILES string of the molecule is CC(Oc1cccc(C#N)c1)C(=O)Nc1nc(-c2c[nH]c3ccccc23)cs1. The van der Waals surface area contributed by atoms with Crippen LogP contribution in [0.25, 0.3) is 22.2 Å². The zero-order chi connectivity index (χ0) is 19.5. The van der Waals surface area contributed by atoms with Crippen LogP contribution in [-0.2, 0) is 4.79 Å². The second kappa shape index (κ2) is 7.55. The lowest BCUT2D eigenvalue weighted by atomic mass is 10.1. The minimum atomic E-state index is -0.727. The summed E-state index contributed by atoms with van der Waals surface area (Å²) < 4.78 is 5.64. The Morgan fingerprint density at radius 1 is 1.29 bits per heavy atom. The van der Waals surface area contributed by atoms with E-state index in [0.29, 0.717) is 16.4 Å². The lowest BCUT2D eigenvalue weighted by Gasteiger charge is -2.13. The third-order valence-corrected chi connectivity index (χ3v) is 5.00. The fourth-order valence-electron chi connectivity index (χ4n) is 2.84. The summed E-state index contributed by atoms with van der Waals surface area (Å²) in [6.45, 7) is 1.66. The van der Waals surface area contributed by atoms with E-state index in [-0.39, 0.29) is 5.91 Å². The number of benzene rings is 2. The molecule has 1 amide bonds. The normalized spacial score (nSPS) is 11.7. The third kappa shape index (κ3) is 3.59. The summed E-state index contributed by atoms with van der Waals surface area (Å²) in [7, 11) is 0. The van der Waals surface area contributed by atoms with Crippen LogP contribution >= 0.6 is 11.3 Å². The molecule has 0 bridgehead atoms. The fraction of sp³-hybridized carbons (Fsp3) is 0.0952. The maximum absolute atomic E-state index is 12.4. The van der Waals surface area contributed by atoms with Gasteiger partial charge in [0.25, 0.3) is 5.91 Å². The summed E-state index contributed by atoms with van der Waals surface area (Å²) >= 11 is 1.36. The first kappa shape index (κ1) is 17.8. The first-order valence-electron chi connectivity index (χ1n) is 8.64. The van der Waals surface area contributed by atoms with Crippen LogP contribution < -0.4 is 10.1 Å². The molecular weight excluding hydrogens is 372 g/mol. The van der Waals surface area contributed by atoms with E-state index in [1.807, 2.05) is 41.9 Å². The smallest absolute Gasteiger partial charge is 0.266 e. The molecule has 28 heavy (non-hydrogen) atoms. The fourth-order valence-corrected chi connectivity index (χ4v) is 3.56. The van der Waals surface area contributed by atoms with Crippen molar-refractivity contribution in [3.63, 3.8) is 0 Å². The van der Waals surface area contributed by atoms with E-state index in [2.05, 4.69) is 15.3 Å². The highest BCUT2D eigenvalue weighted by molar-refractivity contribution is 7.14. The van der Waals surface area contributed by atoms with Crippen molar-refractivity contribution in [1.29, 1.82) is 5.26 Å². The number of fused-ring (bicyclic) bond motifs is 1. The van der Waals surface area contributed by atoms with Crippen LogP contribution in [0.1, 0.15) is 12.5 Å². The molecule has 4 rings (SSSR count). The molecule has 2 aromatic carbocycles.